The number of carbonyl (C=O) groups is 1. The van der Waals surface area contributed by atoms with Gasteiger partial charge in [-0.05, 0) is 24.5 Å². The molecule has 0 spiro atoms. The van der Waals surface area contributed by atoms with Gasteiger partial charge in [0, 0.05) is 0 Å². The van der Waals surface area contributed by atoms with Gasteiger partial charge in [0.2, 0.25) is 0 Å². The SMILES string of the molecule is O=C(OCCC1CC1)c1cccc(C(F)(F)F)c1F. The van der Waals surface area contributed by atoms with E-state index in [9.17, 15) is 22.4 Å². The largest absolute Gasteiger partial charge is 0.462 e. The van der Waals surface area contributed by atoms with Crippen molar-refractivity contribution in [2.75, 3.05) is 6.61 Å². The number of alkyl halides is 3. The van der Waals surface area contributed by atoms with E-state index in [1.807, 2.05) is 0 Å². The first-order valence-corrected chi connectivity index (χ1v) is 5.92. The molecule has 0 amide bonds. The minimum Gasteiger partial charge on any atom is -0.462 e. The van der Waals surface area contributed by atoms with Crippen molar-refractivity contribution >= 4 is 5.97 Å². The van der Waals surface area contributed by atoms with Crippen LogP contribution in [0.1, 0.15) is 35.2 Å². The number of rotatable bonds is 4. The smallest absolute Gasteiger partial charge is 0.419 e. The van der Waals surface area contributed by atoms with Gasteiger partial charge >= 0.3 is 12.1 Å². The second-order valence-electron chi connectivity index (χ2n) is 4.53. The standard InChI is InChI=1S/C13H12F4O2/c14-11-9(2-1-3-10(11)13(15,16)17)12(18)19-7-6-8-4-5-8/h1-3,8H,4-7H2. The van der Waals surface area contributed by atoms with E-state index in [2.05, 4.69) is 0 Å². The van der Waals surface area contributed by atoms with Crippen LogP contribution < -0.4 is 0 Å². The molecular weight excluding hydrogens is 264 g/mol. The van der Waals surface area contributed by atoms with E-state index in [0.29, 0.717) is 18.4 Å². The Bertz CT molecular complexity index is 478. The summed E-state index contributed by atoms with van der Waals surface area (Å²) in [5.41, 5.74) is -2.13. The van der Waals surface area contributed by atoms with Crippen LogP contribution in [0.2, 0.25) is 0 Å². The molecule has 19 heavy (non-hydrogen) atoms. The molecule has 6 heteroatoms. The van der Waals surface area contributed by atoms with Gasteiger partial charge in [0.15, 0.2) is 0 Å². The third-order valence-corrected chi connectivity index (χ3v) is 2.98. The van der Waals surface area contributed by atoms with Crippen LogP contribution in [0.15, 0.2) is 18.2 Å². The Hall–Kier alpha value is -1.59. The fourth-order valence-corrected chi connectivity index (χ4v) is 1.71. The van der Waals surface area contributed by atoms with E-state index in [-0.39, 0.29) is 6.61 Å². The molecule has 104 valence electrons. The molecular formula is C13H12F4O2. The number of hydrogen-bond donors (Lipinski definition) is 0. The Kier molecular flexibility index (Phi) is 3.78. The second kappa shape index (κ2) is 5.19. The Morgan fingerprint density at radius 3 is 2.58 bits per heavy atom. The quantitative estimate of drug-likeness (QED) is 0.617. The Balaban J connectivity index is 2.08. The molecule has 0 aromatic heterocycles. The Morgan fingerprint density at radius 2 is 2.00 bits per heavy atom. The van der Waals surface area contributed by atoms with Gasteiger partial charge in [-0.15, -0.1) is 0 Å². The van der Waals surface area contributed by atoms with Gasteiger partial charge in [-0.3, -0.25) is 0 Å². The first-order chi connectivity index (χ1) is 8.89. The van der Waals surface area contributed by atoms with Crippen molar-refractivity contribution in [3.63, 3.8) is 0 Å². The maximum atomic E-state index is 13.6. The van der Waals surface area contributed by atoms with E-state index < -0.39 is 29.1 Å². The van der Waals surface area contributed by atoms with E-state index in [1.54, 1.807) is 0 Å². The maximum Gasteiger partial charge on any atom is 0.419 e. The van der Waals surface area contributed by atoms with Crippen LogP contribution in [0.5, 0.6) is 0 Å². The first kappa shape index (κ1) is 13.8. The van der Waals surface area contributed by atoms with Crippen molar-refractivity contribution in [3.05, 3.63) is 35.1 Å². The van der Waals surface area contributed by atoms with Gasteiger partial charge in [-0.2, -0.15) is 13.2 Å². The van der Waals surface area contributed by atoms with Crippen LogP contribution in [0.4, 0.5) is 17.6 Å². The molecule has 1 aliphatic carbocycles. The summed E-state index contributed by atoms with van der Waals surface area (Å²) < 4.78 is 55.8. The molecule has 0 aliphatic heterocycles. The number of hydrogen-bond acceptors (Lipinski definition) is 2. The lowest BCUT2D eigenvalue weighted by atomic mass is 10.1. The molecule has 0 N–H and O–H groups in total. The molecule has 0 atom stereocenters. The third-order valence-electron chi connectivity index (χ3n) is 2.98. The maximum absolute atomic E-state index is 13.6. The molecule has 1 saturated carbocycles. The van der Waals surface area contributed by atoms with E-state index >= 15 is 0 Å². The molecule has 0 radical (unpaired) electrons. The lowest BCUT2D eigenvalue weighted by Crippen LogP contribution is -2.14. The van der Waals surface area contributed by atoms with Crippen LogP contribution in [0.3, 0.4) is 0 Å². The summed E-state index contributed by atoms with van der Waals surface area (Å²) in [5.74, 6) is -2.10. The highest BCUT2D eigenvalue weighted by Gasteiger charge is 2.36. The van der Waals surface area contributed by atoms with Crippen molar-refractivity contribution in [1.29, 1.82) is 0 Å². The zero-order chi connectivity index (χ0) is 14.0. The molecule has 1 fully saturated rings. The summed E-state index contributed by atoms with van der Waals surface area (Å²) in [6.45, 7) is 0.110. The molecule has 1 aliphatic rings. The summed E-state index contributed by atoms with van der Waals surface area (Å²) in [6.07, 6.45) is -1.99. The summed E-state index contributed by atoms with van der Waals surface area (Å²) in [5, 5.41) is 0. The van der Waals surface area contributed by atoms with E-state index in [1.165, 1.54) is 0 Å². The number of esters is 1. The number of carbonyl (C=O) groups excluding carboxylic acids is 1. The van der Waals surface area contributed by atoms with Crippen molar-refractivity contribution in [2.45, 2.75) is 25.4 Å². The van der Waals surface area contributed by atoms with Crippen LogP contribution >= 0.6 is 0 Å². The molecule has 2 rings (SSSR count). The number of halogens is 4. The van der Waals surface area contributed by atoms with Crippen LogP contribution in [0, 0.1) is 11.7 Å². The average molecular weight is 276 g/mol. The summed E-state index contributed by atoms with van der Waals surface area (Å²) in [7, 11) is 0. The Morgan fingerprint density at radius 1 is 1.32 bits per heavy atom. The van der Waals surface area contributed by atoms with Gasteiger partial charge in [0.25, 0.3) is 0 Å². The van der Waals surface area contributed by atoms with Crippen molar-refractivity contribution in [1.82, 2.24) is 0 Å². The van der Waals surface area contributed by atoms with Gasteiger partial charge in [-0.1, -0.05) is 18.9 Å². The second-order valence-corrected chi connectivity index (χ2v) is 4.53. The van der Waals surface area contributed by atoms with E-state index in [4.69, 9.17) is 4.74 Å². The van der Waals surface area contributed by atoms with Crippen molar-refractivity contribution in [3.8, 4) is 0 Å². The fraction of sp³-hybridized carbons (Fsp3) is 0.462. The van der Waals surface area contributed by atoms with Crippen molar-refractivity contribution in [2.24, 2.45) is 5.92 Å². The third kappa shape index (κ3) is 3.45. The molecule has 0 bridgehead atoms. The normalized spacial score (nSPS) is 15.4. The van der Waals surface area contributed by atoms with Crippen LogP contribution in [-0.4, -0.2) is 12.6 Å². The topological polar surface area (TPSA) is 26.3 Å². The summed E-state index contributed by atoms with van der Waals surface area (Å²) >= 11 is 0. The zero-order valence-corrected chi connectivity index (χ0v) is 9.97. The summed E-state index contributed by atoms with van der Waals surface area (Å²) in [6, 6.07) is 2.57. The van der Waals surface area contributed by atoms with E-state index in [0.717, 1.165) is 25.0 Å². The van der Waals surface area contributed by atoms with Gasteiger partial charge < -0.3 is 4.74 Å². The highest BCUT2D eigenvalue weighted by Crippen LogP contribution is 2.33. The molecule has 0 saturated heterocycles. The minimum absolute atomic E-state index is 0.110. The highest BCUT2D eigenvalue weighted by molar-refractivity contribution is 5.90. The lowest BCUT2D eigenvalue weighted by Gasteiger charge is -2.10. The average Bonchev–Trinajstić information content (AvgIpc) is 3.11. The molecule has 2 nitrogen and oxygen atoms in total. The molecule has 0 heterocycles. The van der Waals surface area contributed by atoms with Gasteiger partial charge in [0.1, 0.15) is 5.82 Å². The van der Waals surface area contributed by atoms with Crippen LogP contribution in [-0.2, 0) is 10.9 Å². The predicted octanol–water partition coefficient (Wildman–Crippen LogP) is 3.80. The molecule has 0 unspecified atom stereocenters. The van der Waals surface area contributed by atoms with Gasteiger partial charge in [-0.25, -0.2) is 9.18 Å². The van der Waals surface area contributed by atoms with Gasteiger partial charge in [0.05, 0.1) is 17.7 Å². The highest BCUT2D eigenvalue weighted by atomic mass is 19.4. The van der Waals surface area contributed by atoms with Crippen molar-refractivity contribution < 1.29 is 27.1 Å². The molecule has 1 aromatic carbocycles. The lowest BCUT2D eigenvalue weighted by molar-refractivity contribution is -0.140. The summed E-state index contributed by atoms with van der Waals surface area (Å²) in [4.78, 5) is 11.5. The zero-order valence-electron chi connectivity index (χ0n) is 9.97. The first-order valence-electron chi connectivity index (χ1n) is 5.92. The number of benzene rings is 1. The number of ether oxygens (including phenoxy) is 1. The molecule has 1 aromatic rings. The monoisotopic (exact) mass is 276 g/mol. The minimum atomic E-state index is -4.83. The predicted molar refractivity (Wildman–Crippen MR) is 59.0 cm³/mol. The fourth-order valence-electron chi connectivity index (χ4n) is 1.71. The Labute approximate surface area is 107 Å². The van der Waals surface area contributed by atoms with Crippen LogP contribution in [0.25, 0.3) is 0 Å².